The number of hydrogen-bond acceptors (Lipinski definition) is 11. The number of carbonyl (C=O) groups is 4. The van der Waals surface area contributed by atoms with Gasteiger partial charge in [0.15, 0.2) is 5.78 Å². The Morgan fingerprint density at radius 3 is 2.47 bits per heavy atom. The second-order valence-corrected chi connectivity index (χ2v) is 19.0. The Bertz CT molecular complexity index is 1950. The maximum absolute atomic E-state index is 14.8. The summed E-state index contributed by atoms with van der Waals surface area (Å²) < 4.78 is 29.7. The monoisotopic (exact) mass is 847 g/mol. The second kappa shape index (κ2) is 18.7. The third kappa shape index (κ3) is 9.81. The van der Waals surface area contributed by atoms with Crippen molar-refractivity contribution in [3.8, 4) is 11.5 Å². The number of pyridine rings is 1. The predicted molar refractivity (Wildman–Crippen MR) is 227 cm³/mol. The number of esters is 2. The van der Waals surface area contributed by atoms with E-state index in [-0.39, 0.29) is 61.5 Å². The van der Waals surface area contributed by atoms with E-state index in [9.17, 15) is 19.2 Å². The Labute approximate surface area is 359 Å². The van der Waals surface area contributed by atoms with Gasteiger partial charge in [-0.25, -0.2) is 4.98 Å². The summed E-state index contributed by atoms with van der Waals surface area (Å²) in [5.74, 6) is 0.765. The second-order valence-electron chi connectivity index (χ2n) is 18.6. The van der Waals surface area contributed by atoms with Crippen molar-refractivity contribution in [3.63, 3.8) is 0 Å². The number of morpholine rings is 1. The van der Waals surface area contributed by atoms with Gasteiger partial charge in [0.1, 0.15) is 35.3 Å². The van der Waals surface area contributed by atoms with Crippen molar-refractivity contribution in [2.45, 2.75) is 122 Å². The molecule has 2 aromatic rings. The molecule has 1 aromatic heterocycles. The van der Waals surface area contributed by atoms with Gasteiger partial charge in [0.25, 0.3) is 0 Å². The van der Waals surface area contributed by atoms with Gasteiger partial charge in [0, 0.05) is 49.8 Å². The average Bonchev–Trinajstić information content (AvgIpc) is 4.02. The van der Waals surface area contributed by atoms with E-state index in [2.05, 4.69) is 4.90 Å². The lowest BCUT2D eigenvalue weighted by molar-refractivity contribution is -0.155. The van der Waals surface area contributed by atoms with Crippen molar-refractivity contribution in [3.05, 3.63) is 34.5 Å². The van der Waals surface area contributed by atoms with Crippen LogP contribution in [0.3, 0.4) is 0 Å². The number of fused-ring (bicyclic) bond motifs is 4. The van der Waals surface area contributed by atoms with Gasteiger partial charge in [0.2, 0.25) is 5.91 Å². The zero-order valence-electron chi connectivity index (χ0n) is 35.6. The van der Waals surface area contributed by atoms with Crippen LogP contribution in [0, 0.1) is 29.1 Å². The van der Waals surface area contributed by atoms with Crippen LogP contribution in [0.1, 0.15) is 109 Å². The highest BCUT2D eigenvalue weighted by molar-refractivity contribution is 6.36. The number of nitrogens with zero attached hydrogens (tertiary/aromatic N) is 3. The molecule has 60 heavy (non-hydrogen) atoms. The molecule has 1 aromatic carbocycles. The Balaban J connectivity index is 1.06. The first-order chi connectivity index (χ1) is 29.0. The molecule has 0 bridgehead atoms. The third-order valence-electron chi connectivity index (χ3n) is 14.0. The van der Waals surface area contributed by atoms with Crippen molar-refractivity contribution in [2.24, 2.45) is 29.1 Å². The molecule has 3 aliphatic carbocycles. The van der Waals surface area contributed by atoms with E-state index >= 15 is 0 Å². The molecule has 6 fully saturated rings. The Hall–Kier alpha value is -3.74. The first-order valence-corrected chi connectivity index (χ1v) is 22.9. The van der Waals surface area contributed by atoms with Crippen LogP contribution >= 0.6 is 11.6 Å². The molecule has 1 unspecified atom stereocenters. The molecular formula is C47H62ClN3O9. The fourth-order valence-corrected chi connectivity index (χ4v) is 10.8. The van der Waals surface area contributed by atoms with Crippen LogP contribution in [0.2, 0.25) is 5.02 Å². The van der Waals surface area contributed by atoms with Crippen molar-refractivity contribution in [2.75, 3.05) is 53.1 Å². The molecule has 4 heterocycles. The van der Waals surface area contributed by atoms with Crippen molar-refractivity contribution in [1.29, 1.82) is 0 Å². The van der Waals surface area contributed by atoms with Gasteiger partial charge < -0.3 is 28.6 Å². The van der Waals surface area contributed by atoms with E-state index in [0.717, 1.165) is 76.6 Å². The zero-order valence-corrected chi connectivity index (χ0v) is 36.3. The molecule has 3 saturated carbocycles. The minimum absolute atomic E-state index is 0.00899. The Morgan fingerprint density at radius 2 is 1.72 bits per heavy atom. The van der Waals surface area contributed by atoms with Crippen molar-refractivity contribution >= 4 is 52.2 Å². The summed E-state index contributed by atoms with van der Waals surface area (Å²) in [6.45, 7) is 8.49. The van der Waals surface area contributed by atoms with Crippen LogP contribution in [-0.2, 0) is 33.4 Å². The third-order valence-corrected chi connectivity index (χ3v) is 14.3. The maximum Gasteiger partial charge on any atom is 0.312 e. The van der Waals surface area contributed by atoms with Gasteiger partial charge >= 0.3 is 11.9 Å². The molecule has 0 N–H and O–H groups in total. The van der Waals surface area contributed by atoms with Gasteiger partial charge in [-0.3, -0.25) is 24.1 Å². The number of benzene rings is 1. The Kier molecular flexibility index (Phi) is 13.4. The molecular weight excluding hydrogens is 786 g/mol. The summed E-state index contributed by atoms with van der Waals surface area (Å²) in [6.07, 6.45) is 11.4. The van der Waals surface area contributed by atoms with E-state index in [1.54, 1.807) is 4.90 Å². The van der Waals surface area contributed by atoms with Crippen LogP contribution in [0.5, 0.6) is 11.5 Å². The highest BCUT2D eigenvalue weighted by Gasteiger charge is 2.62. The molecule has 13 heteroatoms. The molecule has 1 amide bonds. The maximum atomic E-state index is 14.8. The topological polar surface area (TPSA) is 134 Å². The summed E-state index contributed by atoms with van der Waals surface area (Å²) in [7, 11) is 1.38. The first-order valence-electron chi connectivity index (χ1n) is 22.5. The number of methoxy groups -OCH3 is 1. The van der Waals surface area contributed by atoms with Crippen LogP contribution in [-0.4, -0.2) is 110 Å². The number of rotatable bonds is 11. The van der Waals surface area contributed by atoms with E-state index in [0.29, 0.717) is 77.6 Å². The van der Waals surface area contributed by atoms with E-state index in [1.165, 1.54) is 13.5 Å². The van der Waals surface area contributed by atoms with Gasteiger partial charge in [-0.05, 0) is 88.3 Å². The smallest absolute Gasteiger partial charge is 0.312 e. The predicted octanol–water partition coefficient (Wildman–Crippen LogP) is 7.60. The summed E-state index contributed by atoms with van der Waals surface area (Å²) in [5, 5.41) is 1.06. The van der Waals surface area contributed by atoms with E-state index in [4.69, 9.17) is 40.3 Å². The standard InChI is InChI=1S/C47H62ClN3O9/c1-29(2)19-34-24-41(37-11-12-40(43(48)44(37)49-34)58-18-15-50-13-16-57-17-14-50)59-36-25-38-39(52)27-47(46(55)56-3)26-33(47)10-8-6-4-5-7-9-30(45(54)51(38)28-36)23-42(53)60-35-21-31-20-32(31)22-35/h11-12,19,24,30-33,35-36,38H,4-10,13-18,20-23,25-28H2,1-3H3/t30-,31-,32+,33-,35?,36-,38+,47-/m1/s1. The SMILES string of the molecule is COC(=O)[C@]12CC(=O)[C@@H]3C[C@@H](Oc4cc(C=C(C)C)nc5c(Cl)c(OCCN6CCOCC6)ccc45)CN3C(=O)[C@@H](CC(=O)OC3C[C@@H]4C[C@@H]4C3)CCCCCCC[C@@H]1C2. The summed E-state index contributed by atoms with van der Waals surface area (Å²) in [5.41, 5.74) is 1.35. The zero-order chi connectivity index (χ0) is 42.0. The minimum atomic E-state index is -0.871. The highest BCUT2D eigenvalue weighted by Crippen LogP contribution is 2.59. The van der Waals surface area contributed by atoms with Crippen LogP contribution in [0.15, 0.2) is 23.8 Å². The first kappa shape index (κ1) is 42.9. The van der Waals surface area contributed by atoms with E-state index < -0.39 is 23.5 Å². The molecule has 12 nitrogen and oxygen atoms in total. The summed E-state index contributed by atoms with van der Waals surface area (Å²) >= 11 is 7.04. The van der Waals surface area contributed by atoms with Crippen LogP contribution in [0.4, 0.5) is 0 Å². The van der Waals surface area contributed by atoms with Gasteiger partial charge in [0.05, 0.1) is 56.0 Å². The molecule has 6 aliphatic rings. The van der Waals surface area contributed by atoms with Gasteiger partial charge in [-0.1, -0.05) is 49.3 Å². The van der Waals surface area contributed by atoms with Crippen molar-refractivity contribution < 1.29 is 42.9 Å². The van der Waals surface area contributed by atoms with Gasteiger partial charge in [-0.2, -0.15) is 0 Å². The lowest BCUT2D eigenvalue weighted by Gasteiger charge is -2.29. The molecule has 3 aliphatic heterocycles. The van der Waals surface area contributed by atoms with Crippen LogP contribution in [0.25, 0.3) is 17.0 Å². The lowest BCUT2D eigenvalue weighted by Crippen LogP contribution is -2.45. The largest absolute Gasteiger partial charge is 0.491 e. The number of aromatic nitrogens is 1. The fraction of sp³-hybridized carbons (Fsp3) is 0.681. The molecule has 326 valence electrons. The molecule has 0 spiro atoms. The number of allylic oxidation sites excluding steroid dienone is 1. The molecule has 8 rings (SSSR count). The van der Waals surface area contributed by atoms with Gasteiger partial charge in [-0.15, -0.1) is 0 Å². The normalized spacial score (nSPS) is 30.9. The average molecular weight is 848 g/mol. The fourth-order valence-electron chi connectivity index (χ4n) is 10.5. The quantitative estimate of drug-likeness (QED) is 0.207. The highest BCUT2D eigenvalue weighted by atomic mass is 35.5. The summed E-state index contributed by atoms with van der Waals surface area (Å²) in [6, 6.07) is 4.78. The van der Waals surface area contributed by atoms with Crippen LogP contribution < -0.4 is 9.47 Å². The number of carbonyl (C=O) groups excluding carboxylic acids is 4. The number of ether oxygens (including phenoxy) is 5. The number of halogens is 1. The summed E-state index contributed by atoms with van der Waals surface area (Å²) in [4.78, 5) is 65.0. The lowest BCUT2D eigenvalue weighted by atomic mass is 9.90. The number of amides is 1. The molecule has 8 atom stereocenters. The Morgan fingerprint density at radius 1 is 0.967 bits per heavy atom. The number of Topliss-reactive ketones (excluding diaryl/α,β-unsaturated/α-hetero) is 1. The minimum Gasteiger partial charge on any atom is -0.491 e. The molecule has 0 radical (unpaired) electrons. The number of ketones is 1. The number of hydrogen-bond donors (Lipinski definition) is 0. The van der Waals surface area contributed by atoms with Crippen molar-refractivity contribution in [1.82, 2.24) is 14.8 Å². The van der Waals surface area contributed by atoms with E-state index in [1.807, 2.05) is 38.1 Å². The molecule has 3 saturated heterocycles.